The van der Waals surface area contributed by atoms with Crippen LogP contribution in [0.1, 0.15) is 45.8 Å². The smallest absolute Gasteiger partial charge is 0.253 e. The molecule has 0 fully saturated rings. The molecule has 0 spiro atoms. The lowest BCUT2D eigenvalue weighted by molar-refractivity contribution is 0.0939. The summed E-state index contributed by atoms with van der Waals surface area (Å²) >= 11 is 0. The minimum Gasteiger partial charge on any atom is -0.497 e. The van der Waals surface area contributed by atoms with Crippen molar-refractivity contribution in [1.82, 2.24) is 20.1 Å². The number of rotatable bonds is 5. The molecule has 1 aromatic carbocycles. The predicted octanol–water partition coefficient (Wildman–Crippen LogP) is 3.69. The van der Waals surface area contributed by atoms with Crippen LogP contribution in [0, 0.1) is 20.8 Å². The molecule has 0 aliphatic carbocycles. The lowest BCUT2D eigenvalue weighted by atomic mass is 10.1. The fourth-order valence-corrected chi connectivity index (χ4v) is 2.86. The van der Waals surface area contributed by atoms with Crippen LogP contribution in [0.25, 0.3) is 5.82 Å². The second-order valence-electron chi connectivity index (χ2n) is 6.58. The van der Waals surface area contributed by atoms with Crippen LogP contribution in [0.15, 0.2) is 42.6 Å². The highest BCUT2D eigenvalue weighted by Crippen LogP contribution is 2.19. The number of aryl methyl sites for hydroxylation is 1. The molecular weight excluding hydrogens is 340 g/mol. The third kappa shape index (κ3) is 3.84. The van der Waals surface area contributed by atoms with Gasteiger partial charge in [-0.25, -0.2) is 9.67 Å². The Morgan fingerprint density at radius 3 is 2.56 bits per heavy atom. The van der Waals surface area contributed by atoms with E-state index in [1.165, 1.54) is 0 Å². The van der Waals surface area contributed by atoms with Crippen molar-refractivity contribution < 1.29 is 9.53 Å². The van der Waals surface area contributed by atoms with Crippen LogP contribution in [0.3, 0.4) is 0 Å². The third-order valence-electron chi connectivity index (χ3n) is 4.82. The zero-order valence-electron chi connectivity index (χ0n) is 16.3. The van der Waals surface area contributed by atoms with Gasteiger partial charge in [0.05, 0.1) is 24.4 Å². The molecule has 27 heavy (non-hydrogen) atoms. The molecule has 0 saturated carbocycles. The molecule has 140 valence electrons. The fourth-order valence-electron chi connectivity index (χ4n) is 2.86. The number of carbonyl (C=O) groups excluding carboxylic acids is 1. The van der Waals surface area contributed by atoms with E-state index in [0.29, 0.717) is 11.4 Å². The zero-order valence-corrected chi connectivity index (χ0v) is 16.3. The summed E-state index contributed by atoms with van der Waals surface area (Å²) in [5.41, 5.74) is 4.65. The van der Waals surface area contributed by atoms with E-state index in [0.717, 1.165) is 28.3 Å². The first-order valence-corrected chi connectivity index (χ1v) is 8.84. The second kappa shape index (κ2) is 7.61. The highest BCUT2D eigenvalue weighted by atomic mass is 16.5. The lowest BCUT2D eigenvalue weighted by Gasteiger charge is -2.15. The van der Waals surface area contributed by atoms with Crippen LogP contribution >= 0.6 is 0 Å². The summed E-state index contributed by atoms with van der Waals surface area (Å²) in [7, 11) is 1.62. The van der Waals surface area contributed by atoms with Crippen molar-refractivity contribution in [3.63, 3.8) is 0 Å². The quantitative estimate of drug-likeness (QED) is 0.750. The summed E-state index contributed by atoms with van der Waals surface area (Å²) < 4.78 is 7.04. The molecule has 1 N–H and O–H groups in total. The monoisotopic (exact) mass is 364 g/mol. The summed E-state index contributed by atoms with van der Waals surface area (Å²) in [6.07, 6.45) is 1.58. The summed E-state index contributed by atoms with van der Waals surface area (Å²) in [5, 5.41) is 7.49. The van der Waals surface area contributed by atoms with E-state index in [9.17, 15) is 4.79 Å². The Balaban J connectivity index is 1.74. The van der Waals surface area contributed by atoms with Crippen LogP contribution in [-0.4, -0.2) is 27.8 Å². The normalized spacial score (nSPS) is 11.9. The molecule has 0 aliphatic heterocycles. The van der Waals surface area contributed by atoms with Gasteiger partial charge in [0.2, 0.25) is 0 Å². The molecule has 1 amide bonds. The van der Waals surface area contributed by atoms with Crippen LogP contribution in [0.5, 0.6) is 5.75 Å². The van der Waals surface area contributed by atoms with Crippen molar-refractivity contribution in [3.8, 4) is 11.6 Å². The average molecular weight is 364 g/mol. The molecule has 0 saturated heterocycles. The van der Waals surface area contributed by atoms with Crippen molar-refractivity contribution in [1.29, 1.82) is 0 Å². The number of nitrogens with zero attached hydrogens (tertiary/aromatic N) is 3. The van der Waals surface area contributed by atoms with Crippen LogP contribution in [0.4, 0.5) is 0 Å². The SMILES string of the molecule is COc1cccc(C(C)NC(=O)c2ccc(-n3nc(C)c(C)c3C)nc2)c1. The van der Waals surface area contributed by atoms with Crippen molar-refractivity contribution in [2.75, 3.05) is 7.11 Å². The van der Waals surface area contributed by atoms with Crippen molar-refractivity contribution in [2.45, 2.75) is 33.7 Å². The minimum absolute atomic E-state index is 0.147. The van der Waals surface area contributed by atoms with E-state index in [2.05, 4.69) is 15.4 Å². The number of nitrogens with one attached hydrogen (secondary N) is 1. The van der Waals surface area contributed by atoms with E-state index in [1.807, 2.05) is 58.0 Å². The van der Waals surface area contributed by atoms with E-state index in [1.54, 1.807) is 24.1 Å². The standard InChI is InChI=1S/C21H24N4O2/c1-13-14(2)24-25(16(13)4)20-10-9-18(12-22-20)21(26)23-15(3)17-7-6-8-19(11-17)27-5/h6-12,15H,1-5H3,(H,23,26). The third-order valence-corrected chi connectivity index (χ3v) is 4.82. The Hall–Kier alpha value is -3.15. The molecule has 2 aromatic heterocycles. The van der Waals surface area contributed by atoms with Gasteiger partial charge in [-0.2, -0.15) is 5.10 Å². The first-order valence-electron chi connectivity index (χ1n) is 8.84. The number of ether oxygens (including phenoxy) is 1. The minimum atomic E-state index is -0.172. The van der Waals surface area contributed by atoms with Gasteiger partial charge in [-0.15, -0.1) is 0 Å². The van der Waals surface area contributed by atoms with Gasteiger partial charge in [-0.1, -0.05) is 12.1 Å². The van der Waals surface area contributed by atoms with Gasteiger partial charge >= 0.3 is 0 Å². The number of hydrogen-bond acceptors (Lipinski definition) is 4. The van der Waals surface area contributed by atoms with E-state index in [-0.39, 0.29) is 11.9 Å². The summed E-state index contributed by atoms with van der Waals surface area (Å²) in [5.74, 6) is 1.29. The Labute approximate surface area is 159 Å². The zero-order chi connectivity index (χ0) is 19.6. The molecule has 1 atom stereocenters. The molecule has 1 unspecified atom stereocenters. The van der Waals surface area contributed by atoms with Gasteiger partial charge in [0.25, 0.3) is 5.91 Å². The van der Waals surface area contributed by atoms with Crippen molar-refractivity contribution >= 4 is 5.91 Å². The first-order chi connectivity index (χ1) is 12.9. The molecule has 0 aliphatic rings. The summed E-state index contributed by atoms with van der Waals surface area (Å²) in [4.78, 5) is 17.0. The van der Waals surface area contributed by atoms with E-state index < -0.39 is 0 Å². The van der Waals surface area contributed by atoms with Gasteiger partial charge in [0.15, 0.2) is 5.82 Å². The number of amides is 1. The number of hydrogen-bond donors (Lipinski definition) is 1. The average Bonchev–Trinajstić information content (AvgIpc) is 2.95. The van der Waals surface area contributed by atoms with Gasteiger partial charge in [0.1, 0.15) is 5.75 Å². The van der Waals surface area contributed by atoms with Crippen LogP contribution < -0.4 is 10.1 Å². The first kappa shape index (κ1) is 18.6. The molecule has 0 bridgehead atoms. The Morgan fingerprint density at radius 2 is 1.96 bits per heavy atom. The number of methoxy groups -OCH3 is 1. The summed E-state index contributed by atoms with van der Waals surface area (Å²) in [6.45, 7) is 7.96. The fraction of sp³-hybridized carbons (Fsp3) is 0.286. The highest BCUT2D eigenvalue weighted by Gasteiger charge is 2.14. The van der Waals surface area contributed by atoms with Gasteiger partial charge in [-0.3, -0.25) is 4.79 Å². The molecule has 0 radical (unpaired) electrons. The molecule has 3 aromatic rings. The molecule has 6 heteroatoms. The Morgan fingerprint density at radius 1 is 1.19 bits per heavy atom. The largest absolute Gasteiger partial charge is 0.497 e. The van der Waals surface area contributed by atoms with Crippen LogP contribution in [-0.2, 0) is 0 Å². The van der Waals surface area contributed by atoms with E-state index in [4.69, 9.17) is 4.74 Å². The lowest BCUT2D eigenvalue weighted by Crippen LogP contribution is -2.26. The van der Waals surface area contributed by atoms with Gasteiger partial charge in [0, 0.05) is 11.9 Å². The summed E-state index contributed by atoms with van der Waals surface area (Å²) in [6, 6.07) is 11.1. The maximum atomic E-state index is 12.6. The number of pyridine rings is 1. The maximum absolute atomic E-state index is 12.6. The predicted molar refractivity (Wildman–Crippen MR) is 104 cm³/mol. The maximum Gasteiger partial charge on any atom is 0.253 e. The number of carbonyl (C=O) groups is 1. The topological polar surface area (TPSA) is 69.0 Å². The van der Waals surface area contributed by atoms with E-state index >= 15 is 0 Å². The van der Waals surface area contributed by atoms with Gasteiger partial charge in [-0.05, 0) is 63.1 Å². The van der Waals surface area contributed by atoms with Crippen LogP contribution in [0.2, 0.25) is 0 Å². The van der Waals surface area contributed by atoms with Crippen molar-refractivity contribution in [2.24, 2.45) is 0 Å². The molecular formula is C21H24N4O2. The van der Waals surface area contributed by atoms with Crippen molar-refractivity contribution in [3.05, 3.63) is 70.7 Å². The number of aromatic nitrogens is 3. The molecule has 2 heterocycles. The molecule has 6 nitrogen and oxygen atoms in total. The Kier molecular flexibility index (Phi) is 5.26. The number of benzene rings is 1. The second-order valence-corrected chi connectivity index (χ2v) is 6.58. The Bertz CT molecular complexity index is 961. The van der Waals surface area contributed by atoms with Gasteiger partial charge < -0.3 is 10.1 Å². The highest BCUT2D eigenvalue weighted by molar-refractivity contribution is 5.94. The molecule has 3 rings (SSSR count).